The molecule has 0 bridgehead atoms. The van der Waals surface area contributed by atoms with Gasteiger partial charge in [0.15, 0.2) is 0 Å². The van der Waals surface area contributed by atoms with Crippen molar-refractivity contribution in [1.29, 1.82) is 0 Å². The fourth-order valence-corrected chi connectivity index (χ4v) is 0.297. The molecule has 0 aromatic rings. The van der Waals surface area contributed by atoms with Crippen molar-refractivity contribution in [3.8, 4) is 0 Å². The maximum atomic E-state index is 11.8. The predicted molar refractivity (Wildman–Crippen MR) is 22.0 cm³/mol. The Morgan fingerprint density at radius 1 is 0.846 bits per heavy atom. The van der Waals surface area contributed by atoms with E-state index in [0.717, 1.165) is 0 Å². The summed E-state index contributed by atoms with van der Waals surface area (Å²) in [6.45, 7) is 0. The summed E-state index contributed by atoms with van der Waals surface area (Å²) in [4.78, 5) is 0. The Morgan fingerprint density at radius 2 is 1.15 bits per heavy atom. The maximum Gasteiger partial charge on any atom is 0.460 e. The van der Waals surface area contributed by atoms with Crippen LogP contribution >= 0.6 is 0 Å². The molecule has 0 saturated heterocycles. The minimum Gasteiger partial charge on any atom is -0.203 e. The minimum atomic E-state index is -6.95. The van der Waals surface area contributed by atoms with Crippen molar-refractivity contribution in [1.82, 2.24) is 0 Å². The molecule has 13 heavy (non-hydrogen) atoms. The Morgan fingerprint density at radius 3 is 1.23 bits per heavy atom. The molecule has 0 atom stereocenters. The van der Waals surface area contributed by atoms with E-state index in [1.54, 1.807) is 0 Å². The third-order valence-electron chi connectivity index (χ3n) is 0.988. The highest BCUT2D eigenvalue weighted by Gasteiger charge is 2.76. The summed E-state index contributed by atoms with van der Waals surface area (Å²) in [5.41, 5.74) is 0. The third-order valence-corrected chi connectivity index (χ3v) is 0.988. The molecule has 9 heteroatoms. The van der Waals surface area contributed by atoms with Crippen LogP contribution in [0.25, 0.3) is 0 Å². The molecular weight excluding hydrogens is 219 g/mol. The van der Waals surface area contributed by atoms with E-state index >= 15 is 0 Å². The summed E-state index contributed by atoms with van der Waals surface area (Å²) in [6, 6.07) is 0. The molecule has 0 aliphatic heterocycles. The van der Waals surface area contributed by atoms with Crippen LogP contribution in [0.4, 0.5) is 39.5 Å². The highest BCUT2D eigenvalue weighted by atomic mass is 19.4. The maximum absolute atomic E-state index is 11.8. The van der Waals surface area contributed by atoms with Crippen LogP contribution in [-0.2, 0) is 0 Å². The number of halogens is 9. The molecule has 0 heterocycles. The number of hydrogen-bond acceptors (Lipinski definition) is 0. The highest BCUT2D eigenvalue weighted by Crippen LogP contribution is 2.48. The fraction of sp³-hybridized carbons (Fsp3) is 1.00. The number of hydrogen-bond donors (Lipinski definition) is 0. The smallest absolute Gasteiger partial charge is 0.203 e. The molecule has 0 aromatic carbocycles. The van der Waals surface area contributed by atoms with Gasteiger partial charge in [-0.1, -0.05) is 0 Å². The molecule has 0 amide bonds. The second-order valence-electron chi connectivity index (χ2n) is 1.91. The first kappa shape index (κ1) is 10.5. The summed E-state index contributed by atoms with van der Waals surface area (Å²) >= 11 is 0. The van der Waals surface area contributed by atoms with Crippen LogP contribution in [0.5, 0.6) is 0 Å². The Hall–Kier alpha value is -0.630. The zero-order valence-electron chi connectivity index (χ0n) is 6.40. The van der Waals surface area contributed by atoms with E-state index in [0.29, 0.717) is 0 Å². The molecule has 80 valence electrons. The van der Waals surface area contributed by atoms with Crippen molar-refractivity contribution in [2.24, 2.45) is 0 Å². The second-order valence-corrected chi connectivity index (χ2v) is 1.91. The Bertz CT molecular complexity index is 186. The van der Waals surface area contributed by atoms with Gasteiger partial charge in [0.25, 0.3) is 0 Å². The lowest BCUT2D eigenvalue weighted by molar-refractivity contribution is -0.375. The summed E-state index contributed by atoms with van der Waals surface area (Å²) in [6.07, 6.45) is -13.1. The van der Waals surface area contributed by atoms with Gasteiger partial charge in [-0.15, -0.1) is 0 Å². The van der Waals surface area contributed by atoms with Crippen LogP contribution < -0.4 is 0 Å². The van der Waals surface area contributed by atoms with Crippen LogP contribution in [0, 0.1) is 0 Å². The minimum absolute atomic E-state index is 5.21. The van der Waals surface area contributed by atoms with Crippen LogP contribution in [0.15, 0.2) is 0 Å². The monoisotopic (exact) mass is 221 g/mol. The van der Waals surface area contributed by atoms with Gasteiger partial charge in [0.2, 0.25) is 0 Å². The van der Waals surface area contributed by atoms with E-state index in [9.17, 15) is 39.5 Å². The molecule has 0 saturated carbocycles. The molecule has 0 aromatic heterocycles. The Labute approximate surface area is 66.7 Å². The van der Waals surface area contributed by atoms with Crippen molar-refractivity contribution in [3.05, 3.63) is 0 Å². The van der Waals surface area contributed by atoms with Gasteiger partial charge in [-0.05, 0) is 0 Å². The average molecular weight is 221 g/mol. The number of alkyl halides is 9. The van der Waals surface area contributed by atoms with Gasteiger partial charge in [0.1, 0.15) is 1.37 Å². The summed E-state index contributed by atoms with van der Waals surface area (Å²) in [7, 11) is 0. The SMILES string of the molecule is [2H]C(F)(F)C(F)(F)C(F)(F)C(F)(F)F. The van der Waals surface area contributed by atoms with Crippen molar-refractivity contribution < 1.29 is 40.9 Å². The van der Waals surface area contributed by atoms with E-state index < -0.39 is 24.4 Å². The van der Waals surface area contributed by atoms with E-state index in [-0.39, 0.29) is 0 Å². The van der Waals surface area contributed by atoms with E-state index in [1.165, 1.54) is 0 Å². The van der Waals surface area contributed by atoms with Gasteiger partial charge in [-0.25, -0.2) is 8.78 Å². The van der Waals surface area contributed by atoms with Gasteiger partial charge in [-0.3, -0.25) is 0 Å². The summed E-state index contributed by atoms with van der Waals surface area (Å²) < 4.78 is 109. The first-order chi connectivity index (χ1) is 5.75. The molecule has 0 fully saturated rings. The Kier molecular flexibility index (Phi) is 2.37. The van der Waals surface area contributed by atoms with Crippen molar-refractivity contribution in [2.45, 2.75) is 24.4 Å². The average Bonchev–Trinajstić information content (AvgIpc) is 1.81. The lowest BCUT2D eigenvalue weighted by Gasteiger charge is -2.27. The van der Waals surface area contributed by atoms with E-state index in [1.807, 2.05) is 0 Å². The summed E-state index contributed by atoms with van der Waals surface area (Å²) in [5, 5.41) is 0. The number of rotatable bonds is 2. The molecule has 0 N–H and O–H groups in total. The molecule has 0 nitrogen and oxygen atoms in total. The second kappa shape index (κ2) is 2.95. The molecule has 0 aliphatic rings. The normalized spacial score (nSPS) is 17.2. The quantitative estimate of drug-likeness (QED) is 0.628. The van der Waals surface area contributed by atoms with Crippen molar-refractivity contribution >= 4 is 0 Å². The lowest BCUT2D eigenvalue weighted by Crippen LogP contribution is -2.55. The zero-order chi connectivity index (χ0) is 12.0. The van der Waals surface area contributed by atoms with Crippen LogP contribution in [0.2, 0.25) is 0 Å². The van der Waals surface area contributed by atoms with Crippen molar-refractivity contribution in [3.63, 3.8) is 0 Å². The van der Waals surface area contributed by atoms with E-state index in [4.69, 9.17) is 1.37 Å². The predicted octanol–water partition coefficient (Wildman–Crippen LogP) is 3.08. The molecule has 0 aliphatic carbocycles. The molecule has 0 rings (SSSR count). The van der Waals surface area contributed by atoms with Gasteiger partial charge in [0, 0.05) is 0 Å². The fourth-order valence-electron chi connectivity index (χ4n) is 0.297. The lowest BCUT2D eigenvalue weighted by atomic mass is 10.2. The van der Waals surface area contributed by atoms with E-state index in [2.05, 4.69) is 0 Å². The molecule has 0 radical (unpaired) electrons. The molecular formula is C4HF9. The standard InChI is InChI=1S/C4HF9/c5-1(6)2(7,8)3(9,10)4(11,12)13/h1H/i1D. The zero-order valence-corrected chi connectivity index (χ0v) is 5.40. The molecule has 0 unspecified atom stereocenters. The van der Waals surface area contributed by atoms with Crippen LogP contribution in [-0.4, -0.2) is 24.4 Å². The Balaban J connectivity index is 5.30. The highest BCUT2D eigenvalue weighted by molar-refractivity contribution is 4.92. The first-order valence-electron chi connectivity index (χ1n) is 2.95. The first-order valence-corrected chi connectivity index (χ1v) is 2.45. The topological polar surface area (TPSA) is 0 Å². The summed E-state index contributed by atoms with van der Waals surface area (Å²) in [5.74, 6) is -13.8. The largest absolute Gasteiger partial charge is 0.460 e. The van der Waals surface area contributed by atoms with Gasteiger partial charge in [-0.2, -0.15) is 30.7 Å². The third kappa shape index (κ3) is 1.83. The van der Waals surface area contributed by atoms with Gasteiger partial charge < -0.3 is 0 Å². The van der Waals surface area contributed by atoms with Gasteiger partial charge in [0.05, 0.1) is 0 Å². The van der Waals surface area contributed by atoms with Gasteiger partial charge >= 0.3 is 24.4 Å². The van der Waals surface area contributed by atoms with Crippen LogP contribution in [0.1, 0.15) is 1.37 Å². The van der Waals surface area contributed by atoms with Crippen molar-refractivity contribution in [2.75, 3.05) is 0 Å². The molecule has 0 spiro atoms. The van der Waals surface area contributed by atoms with Crippen LogP contribution in [0.3, 0.4) is 0 Å².